The Morgan fingerprint density at radius 2 is 2.08 bits per heavy atom. The van der Waals surface area contributed by atoms with E-state index in [4.69, 9.17) is 0 Å². The molecule has 3 aromatic rings. The van der Waals surface area contributed by atoms with Crippen molar-refractivity contribution in [1.82, 2.24) is 4.98 Å². The predicted molar refractivity (Wildman–Crippen MR) is 110 cm³/mol. The Balaban J connectivity index is 1.79. The van der Waals surface area contributed by atoms with E-state index in [1.54, 1.807) is 6.20 Å². The van der Waals surface area contributed by atoms with Crippen molar-refractivity contribution in [2.24, 2.45) is 5.41 Å². The van der Waals surface area contributed by atoms with E-state index in [1.165, 1.54) is 31.6 Å². The summed E-state index contributed by atoms with van der Waals surface area (Å²) in [6.45, 7) is 2.07. The van der Waals surface area contributed by atoms with Gasteiger partial charge in [-0.1, -0.05) is 36.4 Å². The lowest BCUT2D eigenvalue weighted by Crippen LogP contribution is -2.37. The topological polar surface area (TPSA) is 42.0 Å². The molecule has 126 valence electrons. The summed E-state index contributed by atoms with van der Waals surface area (Å²) >= 11 is 3.79. The minimum atomic E-state index is -0.542. The number of fused-ring (bicyclic) bond motifs is 1. The van der Waals surface area contributed by atoms with E-state index < -0.39 is 5.41 Å². The van der Waals surface area contributed by atoms with Crippen LogP contribution in [0.4, 0.5) is 5.13 Å². The van der Waals surface area contributed by atoms with Crippen molar-refractivity contribution in [3.63, 3.8) is 0 Å². The van der Waals surface area contributed by atoms with Crippen molar-refractivity contribution in [3.8, 4) is 0 Å². The van der Waals surface area contributed by atoms with E-state index in [1.807, 2.05) is 23.6 Å². The first kappa shape index (κ1) is 16.7. The van der Waals surface area contributed by atoms with Crippen molar-refractivity contribution in [1.29, 1.82) is 0 Å². The van der Waals surface area contributed by atoms with Gasteiger partial charge in [0, 0.05) is 21.1 Å². The van der Waals surface area contributed by atoms with Crippen LogP contribution in [-0.2, 0) is 11.2 Å². The zero-order valence-electron chi connectivity index (χ0n) is 13.7. The normalized spacial score (nSPS) is 21.8. The molecule has 0 saturated heterocycles. The Morgan fingerprint density at radius 3 is 2.80 bits per heavy atom. The summed E-state index contributed by atoms with van der Waals surface area (Å²) in [6, 6.07) is 16.8. The van der Waals surface area contributed by atoms with Crippen LogP contribution in [0, 0.1) is 8.99 Å². The third kappa shape index (κ3) is 3.00. The fourth-order valence-corrected chi connectivity index (χ4v) is 4.80. The highest BCUT2D eigenvalue weighted by Crippen LogP contribution is 2.51. The minimum absolute atomic E-state index is 0.0301. The molecule has 4 rings (SSSR count). The molecule has 0 unspecified atom stereocenters. The van der Waals surface area contributed by atoms with E-state index in [0.717, 1.165) is 6.42 Å². The van der Waals surface area contributed by atoms with Gasteiger partial charge in [-0.15, -0.1) is 11.3 Å². The average molecular weight is 460 g/mol. The van der Waals surface area contributed by atoms with Crippen molar-refractivity contribution in [3.05, 3.63) is 80.4 Å². The van der Waals surface area contributed by atoms with Gasteiger partial charge in [0.05, 0.1) is 5.41 Å². The monoisotopic (exact) mass is 460 g/mol. The van der Waals surface area contributed by atoms with Crippen LogP contribution in [0.2, 0.25) is 0 Å². The van der Waals surface area contributed by atoms with Gasteiger partial charge in [-0.2, -0.15) is 0 Å². The lowest BCUT2D eigenvalue weighted by molar-refractivity contribution is -0.125. The Labute approximate surface area is 164 Å². The molecule has 0 bridgehead atoms. The summed E-state index contributed by atoms with van der Waals surface area (Å²) in [5.74, 6) is 0.0703. The molecule has 0 fully saturated rings. The van der Waals surface area contributed by atoms with Gasteiger partial charge >= 0.3 is 0 Å². The molecule has 2 aromatic carbocycles. The van der Waals surface area contributed by atoms with Gasteiger partial charge in [-0.05, 0) is 64.8 Å². The van der Waals surface area contributed by atoms with E-state index in [2.05, 4.69) is 70.1 Å². The van der Waals surface area contributed by atoms with E-state index >= 15 is 0 Å². The number of amides is 1. The van der Waals surface area contributed by atoms with Crippen molar-refractivity contribution < 1.29 is 4.79 Å². The van der Waals surface area contributed by atoms with Crippen LogP contribution >= 0.6 is 33.9 Å². The predicted octanol–water partition coefficient (Wildman–Crippen LogP) is 5.08. The van der Waals surface area contributed by atoms with Crippen molar-refractivity contribution in [2.45, 2.75) is 19.3 Å². The number of aromatic nitrogens is 1. The molecule has 0 spiro atoms. The molecular weight excluding hydrogens is 443 g/mol. The number of carbonyl (C=O) groups excluding carboxylic acids is 1. The maximum absolute atomic E-state index is 13.2. The zero-order valence-corrected chi connectivity index (χ0v) is 16.7. The van der Waals surface area contributed by atoms with Crippen LogP contribution in [0.25, 0.3) is 0 Å². The maximum Gasteiger partial charge on any atom is 0.233 e. The summed E-state index contributed by atoms with van der Waals surface area (Å²) < 4.78 is 1.20. The molecule has 0 saturated carbocycles. The summed E-state index contributed by atoms with van der Waals surface area (Å²) in [7, 11) is 0. The number of hydrogen-bond acceptors (Lipinski definition) is 3. The molecule has 5 heteroatoms. The Hall–Kier alpha value is -1.73. The van der Waals surface area contributed by atoms with Crippen molar-refractivity contribution in [2.75, 3.05) is 5.32 Å². The molecule has 2 atom stereocenters. The van der Waals surface area contributed by atoms with E-state index in [9.17, 15) is 4.79 Å². The first-order valence-electron chi connectivity index (χ1n) is 8.12. The third-order valence-electron chi connectivity index (χ3n) is 4.92. The third-order valence-corrected chi connectivity index (χ3v) is 6.28. The molecule has 1 heterocycles. The first-order valence-corrected chi connectivity index (χ1v) is 10.1. The van der Waals surface area contributed by atoms with Crippen LogP contribution in [-0.4, -0.2) is 10.9 Å². The van der Waals surface area contributed by atoms with Crippen LogP contribution in [0.1, 0.15) is 29.5 Å². The number of hydrogen-bond donors (Lipinski definition) is 1. The van der Waals surface area contributed by atoms with Gasteiger partial charge in [0.1, 0.15) is 0 Å². The Morgan fingerprint density at radius 1 is 1.28 bits per heavy atom. The highest BCUT2D eigenvalue weighted by molar-refractivity contribution is 14.1. The molecule has 25 heavy (non-hydrogen) atoms. The molecule has 3 nitrogen and oxygen atoms in total. The SMILES string of the molecule is C[C@]1(C(=O)Nc2nccs2)Cc2ccc(I)cc2[C@H]1c1ccccc1. The number of rotatable bonds is 3. The lowest BCUT2D eigenvalue weighted by atomic mass is 9.73. The summed E-state index contributed by atoms with van der Waals surface area (Å²) in [5, 5.41) is 5.55. The van der Waals surface area contributed by atoms with Gasteiger partial charge in [0.15, 0.2) is 5.13 Å². The zero-order chi connectivity index (χ0) is 17.4. The number of nitrogens with one attached hydrogen (secondary N) is 1. The van der Waals surface area contributed by atoms with E-state index in [-0.39, 0.29) is 11.8 Å². The molecule has 1 aliphatic carbocycles. The van der Waals surface area contributed by atoms with Gasteiger partial charge in [0.25, 0.3) is 0 Å². The largest absolute Gasteiger partial charge is 0.301 e. The lowest BCUT2D eigenvalue weighted by Gasteiger charge is -2.31. The molecule has 1 aromatic heterocycles. The smallest absolute Gasteiger partial charge is 0.233 e. The number of benzene rings is 2. The quantitative estimate of drug-likeness (QED) is 0.554. The summed E-state index contributed by atoms with van der Waals surface area (Å²) in [5.41, 5.74) is 3.15. The van der Waals surface area contributed by atoms with E-state index in [0.29, 0.717) is 5.13 Å². The fourth-order valence-electron chi connectivity index (χ4n) is 3.77. The van der Waals surface area contributed by atoms with Gasteiger partial charge in [-0.25, -0.2) is 4.98 Å². The number of thiazole rings is 1. The van der Waals surface area contributed by atoms with Gasteiger partial charge in [0.2, 0.25) is 5.91 Å². The Bertz CT molecular complexity index is 911. The van der Waals surface area contributed by atoms with Crippen LogP contribution in [0.5, 0.6) is 0 Å². The highest BCUT2D eigenvalue weighted by Gasteiger charge is 2.48. The van der Waals surface area contributed by atoms with Crippen LogP contribution < -0.4 is 5.32 Å². The fraction of sp³-hybridized carbons (Fsp3) is 0.200. The number of halogens is 1. The number of carbonyl (C=O) groups is 1. The molecule has 1 aliphatic rings. The molecule has 0 radical (unpaired) electrons. The molecular formula is C20H17IN2OS. The molecule has 1 amide bonds. The summed E-state index contributed by atoms with van der Waals surface area (Å²) in [4.78, 5) is 17.4. The second-order valence-corrected chi connectivity index (χ2v) is 8.71. The maximum atomic E-state index is 13.2. The molecule has 1 N–H and O–H groups in total. The molecule has 0 aliphatic heterocycles. The summed E-state index contributed by atoms with van der Waals surface area (Å²) in [6.07, 6.45) is 2.44. The number of anilines is 1. The second kappa shape index (κ2) is 6.53. The first-order chi connectivity index (χ1) is 12.1. The minimum Gasteiger partial charge on any atom is -0.301 e. The second-order valence-electron chi connectivity index (χ2n) is 6.57. The van der Waals surface area contributed by atoms with Gasteiger partial charge in [-0.3, -0.25) is 4.79 Å². The highest BCUT2D eigenvalue weighted by atomic mass is 127. The van der Waals surface area contributed by atoms with Crippen molar-refractivity contribution >= 4 is 45.0 Å². The van der Waals surface area contributed by atoms with Crippen LogP contribution in [0.15, 0.2) is 60.1 Å². The van der Waals surface area contributed by atoms with Gasteiger partial charge < -0.3 is 5.32 Å². The average Bonchev–Trinajstić information content (AvgIpc) is 3.21. The Kier molecular flexibility index (Phi) is 4.37. The van der Waals surface area contributed by atoms with Crippen LogP contribution in [0.3, 0.4) is 0 Å². The number of nitrogens with zero attached hydrogens (tertiary/aromatic N) is 1. The standard InChI is InChI=1S/C20H17IN2OS/c1-20(18(24)23-19-22-9-10-25-19)12-14-7-8-15(21)11-16(14)17(20)13-5-3-2-4-6-13/h2-11,17H,12H2,1H3,(H,22,23,24)/t17-,20+/m1/s1.